The second kappa shape index (κ2) is 5.51. The van der Waals surface area contributed by atoms with E-state index in [9.17, 15) is 4.39 Å². The van der Waals surface area contributed by atoms with Crippen molar-refractivity contribution in [1.29, 1.82) is 0 Å². The highest BCUT2D eigenvalue weighted by molar-refractivity contribution is 7.98. The molecule has 0 spiro atoms. The normalized spacial score (nSPS) is 10.7. The Morgan fingerprint density at radius 3 is 2.60 bits per heavy atom. The maximum absolute atomic E-state index is 12.9. The van der Waals surface area contributed by atoms with Gasteiger partial charge in [0.2, 0.25) is 0 Å². The van der Waals surface area contributed by atoms with Crippen molar-refractivity contribution in [3.63, 3.8) is 0 Å². The molecule has 0 unspecified atom stereocenters. The summed E-state index contributed by atoms with van der Waals surface area (Å²) >= 11 is 1.70. The van der Waals surface area contributed by atoms with Crippen LogP contribution >= 0.6 is 11.8 Å². The summed E-state index contributed by atoms with van der Waals surface area (Å²) in [6, 6.07) is 14.4. The molecule has 0 bridgehead atoms. The standard InChI is InChI=1S/C16H13FN2S/c1-20-13-6-7-15-14(10-13)16(8-9-18-15)19-12-4-2-11(17)3-5-12/h2-10H,1H3,(H,18,19). The Morgan fingerprint density at radius 1 is 1.05 bits per heavy atom. The second-order valence-electron chi connectivity index (χ2n) is 4.37. The van der Waals surface area contributed by atoms with Gasteiger partial charge in [-0.1, -0.05) is 0 Å². The van der Waals surface area contributed by atoms with Gasteiger partial charge < -0.3 is 5.32 Å². The van der Waals surface area contributed by atoms with Crippen molar-refractivity contribution in [3.8, 4) is 0 Å². The first-order chi connectivity index (χ1) is 9.76. The number of hydrogen-bond donors (Lipinski definition) is 1. The van der Waals surface area contributed by atoms with Gasteiger partial charge in [0.1, 0.15) is 5.82 Å². The maximum Gasteiger partial charge on any atom is 0.123 e. The molecule has 0 saturated carbocycles. The summed E-state index contributed by atoms with van der Waals surface area (Å²) in [5.74, 6) is -0.236. The van der Waals surface area contributed by atoms with Crippen molar-refractivity contribution >= 4 is 34.0 Å². The van der Waals surface area contributed by atoms with Crippen LogP contribution in [-0.2, 0) is 0 Å². The SMILES string of the molecule is CSc1ccc2nccc(Nc3ccc(F)cc3)c2c1. The molecule has 0 saturated heterocycles. The Kier molecular flexibility index (Phi) is 3.56. The number of aromatic nitrogens is 1. The number of halogens is 1. The van der Waals surface area contributed by atoms with Crippen molar-refractivity contribution in [2.75, 3.05) is 11.6 Å². The summed E-state index contributed by atoms with van der Waals surface area (Å²) in [5.41, 5.74) is 2.76. The Hall–Kier alpha value is -2.07. The first-order valence-electron chi connectivity index (χ1n) is 6.21. The van der Waals surface area contributed by atoms with Crippen LogP contribution in [0.5, 0.6) is 0 Å². The van der Waals surface area contributed by atoms with E-state index in [4.69, 9.17) is 0 Å². The lowest BCUT2D eigenvalue weighted by atomic mass is 10.2. The quantitative estimate of drug-likeness (QED) is 0.697. The average molecular weight is 284 g/mol. The van der Waals surface area contributed by atoms with E-state index < -0.39 is 0 Å². The third-order valence-corrected chi connectivity index (χ3v) is 3.80. The molecule has 0 aliphatic heterocycles. The van der Waals surface area contributed by atoms with E-state index in [0.29, 0.717) is 0 Å². The van der Waals surface area contributed by atoms with Crippen LogP contribution in [0.2, 0.25) is 0 Å². The maximum atomic E-state index is 12.9. The van der Waals surface area contributed by atoms with Gasteiger partial charge in [0, 0.05) is 27.9 Å². The zero-order valence-electron chi connectivity index (χ0n) is 10.9. The van der Waals surface area contributed by atoms with E-state index in [1.54, 1.807) is 30.1 Å². The molecule has 0 fully saturated rings. The summed E-state index contributed by atoms with van der Waals surface area (Å²) in [6.07, 6.45) is 3.82. The molecule has 2 aromatic carbocycles. The molecule has 100 valence electrons. The minimum absolute atomic E-state index is 0.236. The lowest BCUT2D eigenvalue weighted by Gasteiger charge is -2.10. The fourth-order valence-electron chi connectivity index (χ4n) is 2.05. The summed E-state index contributed by atoms with van der Waals surface area (Å²) in [4.78, 5) is 5.55. The van der Waals surface area contributed by atoms with Crippen LogP contribution in [0.3, 0.4) is 0 Å². The largest absolute Gasteiger partial charge is 0.355 e. The number of thioether (sulfide) groups is 1. The summed E-state index contributed by atoms with van der Waals surface area (Å²) < 4.78 is 12.9. The van der Waals surface area contributed by atoms with Gasteiger partial charge in [-0.3, -0.25) is 4.98 Å². The number of rotatable bonds is 3. The van der Waals surface area contributed by atoms with Gasteiger partial charge in [-0.2, -0.15) is 0 Å². The minimum atomic E-state index is -0.236. The molecule has 1 aromatic heterocycles. The van der Waals surface area contributed by atoms with E-state index >= 15 is 0 Å². The van der Waals surface area contributed by atoms with E-state index in [-0.39, 0.29) is 5.82 Å². The Balaban J connectivity index is 2.04. The van der Waals surface area contributed by atoms with Gasteiger partial charge >= 0.3 is 0 Å². The smallest absolute Gasteiger partial charge is 0.123 e. The highest BCUT2D eigenvalue weighted by Gasteiger charge is 2.04. The third-order valence-electron chi connectivity index (χ3n) is 3.07. The molecule has 1 N–H and O–H groups in total. The van der Waals surface area contributed by atoms with Gasteiger partial charge in [-0.15, -0.1) is 11.8 Å². The van der Waals surface area contributed by atoms with Crippen molar-refractivity contribution in [2.24, 2.45) is 0 Å². The lowest BCUT2D eigenvalue weighted by Crippen LogP contribution is -1.93. The van der Waals surface area contributed by atoms with Crippen LogP contribution in [0, 0.1) is 5.82 Å². The van der Waals surface area contributed by atoms with E-state index in [0.717, 1.165) is 22.3 Å². The van der Waals surface area contributed by atoms with Crippen LogP contribution in [0.15, 0.2) is 59.6 Å². The van der Waals surface area contributed by atoms with Crippen LogP contribution in [0.1, 0.15) is 0 Å². The van der Waals surface area contributed by atoms with Gasteiger partial charge in [0.15, 0.2) is 0 Å². The topological polar surface area (TPSA) is 24.9 Å². The van der Waals surface area contributed by atoms with Crippen molar-refractivity contribution in [2.45, 2.75) is 4.90 Å². The minimum Gasteiger partial charge on any atom is -0.355 e. The zero-order valence-corrected chi connectivity index (χ0v) is 11.7. The van der Waals surface area contributed by atoms with Crippen molar-refractivity contribution in [3.05, 3.63) is 60.5 Å². The number of hydrogen-bond acceptors (Lipinski definition) is 3. The lowest BCUT2D eigenvalue weighted by molar-refractivity contribution is 0.628. The number of nitrogens with one attached hydrogen (secondary N) is 1. The molecular formula is C16H13FN2S. The summed E-state index contributed by atoms with van der Waals surface area (Å²) in [6.45, 7) is 0. The van der Waals surface area contributed by atoms with Gasteiger partial charge in [-0.25, -0.2) is 4.39 Å². The first kappa shape index (κ1) is 12.9. The second-order valence-corrected chi connectivity index (χ2v) is 5.25. The summed E-state index contributed by atoms with van der Waals surface area (Å²) in [5, 5.41) is 4.37. The molecule has 0 aliphatic carbocycles. The Morgan fingerprint density at radius 2 is 1.85 bits per heavy atom. The summed E-state index contributed by atoms with van der Waals surface area (Å²) in [7, 11) is 0. The average Bonchev–Trinajstić information content (AvgIpc) is 2.49. The van der Waals surface area contributed by atoms with Crippen LogP contribution in [-0.4, -0.2) is 11.2 Å². The molecule has 3 aromatic rings. The zero-order chi connectivity index (χ0) is 13.9. The Labute approximate surface area is 121 Å². The highest BCUT2D eigenvalue weighted by Crippen LogP contribution is 2.28. The van der Waals surface area contributed by atoms with Crippen LogP contribution in [0.25, 0.3) is 10.9 Å². The van der Waals surface area contributed by atoms with Crippen LogP contribution < -0.4 is 5.32 Å². The molecule has 4 heteroatoms. The molecule has 2 nitrogen and oxygen atoms in total. The molecular weight excluding hydrogens is 271 g/mol. The molecule has 20 heavy (non-hydrogen) atoms. The van der Waals surface area contributed by atoms with Crippen LogP contribution in [0.4, 0.5) is 15.8 Å². The van der Waals surface area contributed by atoms with E-state index in [2.05, 4.69) is 22.4 Å². The predicted octanol–water partition coefficient (Wildman–Crippen LogP) is 4.84. The number of pyridine rings is 1. The fraction of sp³-hybridized carbons (Fsp3) is 0.0625. The monoisotopic (exact) mass is 284 g/mol. The number of benzene rings is 2. The highest BCUT2D eigenvalue weighted by atomic mass is 32.2. The van der Waals surface area contributed by atoms with Gasteiger partial charge in [-0.05, 0) is 54.8 Å². The first-order valence-corrected chi connectivity index (χ1v) is 7.44. The molecule has 3 rings (SSSR count). The molecule has 0 atom stereocenters. The number of nitrogens with zero attached hydrogens (tertiary/aromatic N) is 1. The van der Waals surface area contributed by atoms with E-state index in [1.807, 2.05) is 18.4 Å². The molecule has 0 aliphatic rings. The molecule has 0 radical (unpaired) electrons. The fourth-order valence-corrected chi connectivity index (χ4v) is 2.49. The van der Waals surface area contributed by atoms with E-state index in [1.165, 1.54) is 17.0 Å². The van der Waals surface area contributed by atoms with Crippen molar-refractivity contribution in [1.82, 2.24) is 4.98 Å². The third kappa shape index (κ3) is 2.60. The molecule has 0 amide bonds. The van der Waals surface area contributed by atoms with Gasteiger partial charge in [0.05, 0.1) is 5.52 Å². The molecule has 1 heterocycles. The van der Waals surface area contributed by atoms with Crippen molar-refractivity contribution < 1.29 is 4.39 Å². The predicted molar refractivity (Wildman–Crippen MR) is 83.2 cm³/mol. The number of anilines is 2. The number of fused-ring (bicyclic) bond motifs is 1. The van der Waals surface area contributed by atoms with Gasteiger partial charge in [0.25, 0.3) is 0 Å². The Bertz CT molecular complexity index is 741.